The third-order valence-electron chi connectivity index (χ3n) is 5.59. The van der Waals surface area contributed by atoms with Crippen LogP contribution in [0.1, 0.15) is 29.4 Å². The minimum absolute atomic E-state index is 0.0600. The van der Waals surface area contributed by atoms with Crippen molar-refractivity contribution in [1.29, 1.82) is 0 Å². The smallest absolute Gasteiger partial charge is 0.261 e. The molecule has 0 aliphatic carbocycles. The van der Waals surface area contributed by atoms with Crippen molar-refractivity contribution in [3.8, 4) is 0 Å². The first-order valence-corrected chi connectivity index (χ1v) is 10.7. The summed E-state index contributed by atoms with van der Waals surface area (Å²) in [6.45, 7) is 4.60. The van der Waals surface area contributed by atoms with Crippen LogP contribution in [-0.4, -0.2) is 53.6 Å². The molecule has 0 radical (unpaired) electrons. The fourth-order valence-corrected chi connectivity index (χ4v) is 6.14. The molecule has 0 saturated carbocycles. The molecule has 5 nitrogen and oxygen atoms in total. The summed E-state index contributed by atoms with van der Waals surface area (Å²) in [6, 6.07) is 4.66. The molecule has 2 bridgehead atoms. The van der Waals surface area contributed by atoms with Gasteiger partial charge in [0.2, 0.25) is 0 Å². The van der Waals surface area contributed by atoms with Gasteiger partial charge in [-0.05, 0) is 63.1 Å². The summed E-state index contributed by atoms with van der Waals surface area (Å²) < 4.78 is 8.59. The highest BCUT2D eigenvalue weighted by Crippen LogP contribution is 2.35. The van der Waals surface area contributed by atoms with E-state index < -0.39 is 0 Å². The van der Waals surface area contributed by atoms with Crippen molar-refractivity contribution < 1.29 is 9.53 Å². The van der Waals surface area contributed by atoms with E-state index in [4.69, 9.17) is 4.74 Å². The van der Waals surface area contributed by atoms with Gasteiger partial charge in [-0.2, -0.15) is 0 Å². The Morgan fingerprint density at radius 1 is 1.31 bits per heavy atom. The number of hydrogen-bond acceptors (Lipinski definition) is 6. The lowest BCUT2D eigenvalue weighted by Crippen LogP contribution is -2.62. The monoisotopic (exact) mass is 391 g/mol. The summed E-state index contributed by atoms with van der Waals surface area (Å²) in [5, 5.41) is 3.31. The molecule has 1 N–H and O–H groups in total. The van der Waals surface area contributed by atoms with E-state index in [-0.39, 0.29) is 18.2 Å². The lowest BCUT2D eigenvalue weighted by Gasteiger charge is -2.49. The van der Waals surface area contributed by atoms with Gasteiger partial charge in [0.1, 0.15) is 0 Å². The minimum Gasteiger partial charge on any atom is -0.357 e. The molecule has 3 atom stereocenters. The molecule has 1 unspecified atom stereocenters. The zero-order valence-electron chi connectivity index (χ0n) is 15.1. The van der Waals surface area contributed by atoms with Crippen LogP contribution in [0.2, 0.25) is 0 Å². The quantitative estimate of drug-likeness (QED) is 0.780. The highest BCUT2D eigenvalue weighted by Gasteiger charge is 2.40. The van der Waals surface area contributed by atoms with Crippen molar-refractivity contribution in [3.05, 3.63) is 41.4 Å². The van der Waals surface area contributed by atoms with E-state index in [1.165, 1.54) is 37.3 Å². The Hall–Kier alpha value is -1.28. The highest BCUT2D eigenvalue weighted by atomic mass is 32.2. The van der Waals surface area contributed by atoms with Gasteiger partial charge in [0, 0.05) is 37.3 Å². The molecule has 26 heavy (non-hydrogen) atoms. The van der Waals surface area contributed by atoms with Gasteiger partial charge < -0.3 is 10.1 Å². The Bertz CT molecular complexity index is 707. The number of hydrogen-bond donors (Lipinski definition) is 1. The highest BCUT2D eigenvalue weighted by molar-refractivity contribution is 7.99. The van der Waals surface area contributed by atoms with Gasteiger partial charge in [-0.15, -0.1) is 11.3 Å². The number of fused-ring (bicyclic) bond motifs is 3. The molecule has 140 valence electrons. The Morgan fingerprint density at radius 3 is 2.85 bits per heavy atom. The number of nitrogens with zero attached hydrogens (tertiary/aromatic N) is 2. The third-order valence-corrected chi connectivity index (χ3v) is 7.80. The number of carbonyl (C=O) groups is 1. The maximum atomic E-state index is 12.8. The van der Waals surface area contributed by atoms with E-state index in [0.717, 1.165) is 9.09 Å². The molecule has 4 aliphatic rings. The lowest BCUT2D eigenvalue weighted by molar-refractivity contribution is 0.0218. The van der Waals surface area contributed by atoms with E-state index in [0.29, 0.717) is 12.0 Å². The molecule has 1 amide bonds. The molecule has 3 saturated heterocycles. The fourth-order valence-electron chi connectivity index (χ4n) is 4.09. The van der Waals surface area contributed by atoms with E-state index >= 15 is 0 Å². The van der Waals surface area contributed by atoms with Crippen LogP contribution in [0.4, 0.5) is 0 Å². The van der Waals surface area contributed by atoms with E-state index in [2.05, 4.69) is 17.1 Å². The van der Waals surface area contributed by atoms with Crippen LogP contribution in [0, 0.1) is 5.92 Å². The number of thiophene rings is 1. The molecular formula is C19H25N3O2S2. The van der Waals surface area contributed by atoms with Crippen molar-refractivity contribution in [3.63, 3.8) is 0 Å². The van der Waals surface area contributed by atoms with E-state index in [1.54, 1.807) is 19.1 Å². The fraction of sp³-hybridized carbons (Fsp3) is 0.526. The lowest BCUT2D eigenvalue weighted by atomic mass is 9.79. The Balaban J connectivity index is 1.39. The van der Waals surface area contributed by atoms with Crippen LogP contribution in [0.25, 0.3) is 0 Å². The Kier molecular flexibility index (Phi) is 5.40. The standard InChI is InChI=1S/C19H25N3O2S2/c1-13-18(14-8-11-21(13)12-9-14)20-19(23)15-6-7-17(25-15)26-22-10-4-3-5-16(22)24-2/h3-7,10,13-14,16,18H,8-9,11-12H2,1-2H3,(H,20,23)/t13-,16?,18-/m0/s1. The first kappa shape index (κ1) is 18.1. The minimum atomic E-state index is -0.0861. The molecule has 1 aromatic heterocycles. The molecule has 5 rings (SSSR count). The number of piperidine rings is 3. The van der Waals surface area contributed by atoms with E-state index in [9.17, 15) is 4.79 Å². The summed E-state index contributed by atoms with van der Waals surface area (Å²) in [7, 11) is 1.70. The summed E-state index contributed by atoms with van der Waals surface area (Å²) in [5.74, 6) is 0.685. The molecule has 4 aliphatic heterocycles. The van der Waals surface area contributed by atoms with Crippen molar-refractivity contribution in [1.82, 2.24) is 14.5 Å². The van der Waals surface area contributed by atoms with Gasteiger partial charge in [0.05, 0.1) is 9.09 Å². The SMILES string of the molecule is COC1C=CC=CN1Sc1ccc(C(=O)N[C@@H]2C3CCN(CC3)[C@H]2C)s1. The number of ether oxygens (including phenoxy) is 1. The van der Waals surface area contributed by atoms with Gasteiger partial charge >= 0.3 is 0 Å². The van der Waals surface area contributed by atoms with Crippen LogP contribution in [-0.2, 0) is 4.74 Å². The first-order valence-electron chi connectivity index (χ1n) is 9.14. The summed E-state index contributed by atoms with van der Waals surface area (Å²) in [6.07, 6.45) is 10.3. The second-order valence-corrected chi connectivity index (χ2v) is 9.42. The van der Waals surface area contributed by atoms with Crippen molar-refractivity contribution in [2.24, 2.45) is 5.92 Å². The van der Waals surface area contributed by atoms with Crippen LogP contribution < -0.4 is 5.32 Å². The summed E-state index contributed by atoms with van der Waals surface area (Å²) in [4.78, 5) is 16.0. The number of methoxy groups -OCH3 is 1. The molecule has 7 heteroatoms. The van der Waals surface area contributed by atoms with Crippen LogP contribution >= 0.6 is 23.3 Å². The zero-order chi connectivity index (χ0) is 18.1. The predicted molar refractivity (Wildman–Crippen MR) is 106 cm³/mol. The summed E-state index contributed by atoms with van der Waals surface area (Å²) in [5.41, 5.74) is 0. The van der Waals surface area contributed by atoms with E-state index in [1.807, 2.05) is 40.9 Å². The second-order valence-electron chi connectivity index (χ2n) is 7.04. The maximum absolute atomic E-state index is 12.8. The normalized spacial score (nSPS) is 32.8. The van der Waals surface area contributed by atoms with Gasteiger partial charge in [-0.1, -0.05) is 6.08 Å². The largest absolute Gasteiger partial charge is 0.357 e. The number of carbonyl (C=O) groups excluding carboxylic acids is 1. The van der Waals surface area contributed by atoms with Crippen molar-refractivity contribution >= 4 is 29.2 Å². The molecular weight excluding hydrogens is 366 g/mol. The molecule has 0 aromatic carbocycles. The first-order chi connectivity index (χ1) is 12.7. The van der Waals surface area contributed by atoms with Gasteiger partial charge in [-0.3, -0.25) is 14.0 Å². The van der Waals surface area contributed by atoms with Crippen LogP contribution in [0.5, 0.6) is 0 Å². The number of nitrogens with one attached hydrogen (secondary N) is 1. The summed E-state index contributed by atoms with van der Waals surface area (Å²) >= 11 is 3.13. The van der Waals surface area contributed by atoms with Crippen LogP contribution in [0.3, 0.4) is 0 Å². The average Bonchev–Trinajstić information content (AvgIpc) is 3.14. The predicted octanol–water partition coefficient (Wildman–Crippen LogP) is 3.33. The second kappa shape index (κ2) is 7.76. The molecule has 1 aromatic rings. The Morgan fingerprint density at radius 2 is 2.12 bits per heavy atom. The maximum Gasteiger partial charge on any atom is 0.261 e. The Labute approximate surface area is 163 Å². The number of allylic oxidation sites excluding steroid dienone is 2. The number of amides is 1. The van der Waals surface area contributed by atoms with Gasteiger partial charge in [0.25, 0.3) is 5.91 Å². The molecule has 5 heterocycles. The van der Waals surface area contributed by atoms with Gasteiger partial charge in [0.15, 0.2) is 6.23 Å². The van der Waals surface area contributed by atoms with Gasteiger partial charge in [-0.25, -0.2) is 0 Å². The molecule has 3 fully saturated rings. The topological polar surface area (TPSA) is 44.8 Å². The average molecular weight is 392 g/mol. The third kappa shape index (κ3) is 3.58. The van der Waals surface area contributed by atoms with Crippen molar-refractivity contribution in [2.45, 2.75) is 42.3 Å². The number of rotatable bonds is 5. The molecule has 0 spiro atoms. The van der Waals surface area contributed by atoms with Crippen LogP contribution in [0.15, 0.2) is 40.8 Å². The van der Waals surface area contributed by atoms with Crippen molar-refractivity contribution in [2.75, 3.05) is 20.2 Å². The zero-order valence-corrected chi connectivity index (χ0v) is 16.8.